The first kappa shape index (κ1) is 26.3. The molecule has 0 N–H and O–H groups in total. The van der Waals surface area contributed by atoms with Crippen LogP contribution in [-0.2, 0) is 36.6 Å². The summed E-state index contributed by atoms with van der Waals surface area (Å²) in [5, 5.41) is 0. The fourth-order valence-corrected chi connectivity index (χ4v) is 10.2. The van der Waals surface area contributed by atoms with E-state index in [0.29, 0.717) is 3.63 Å². The second kappa shape index (κ2) is 10.1. The molecule has 3 rings (SSSR count). The SMILES string of the molecule is CCCCC1=Cc2c(ccc(CC)c2-c2cc(C(C)(C)C)cc(C(C)(C)C)c2)[CH]1[Zr]([Cl])[Cl]. The van der Waals surface area contributed by atoms with Crippen molar-refractivity contribution in [1.29, 1.82) is 0 Å². The van der Waals surface area contributed by atoms with Gasteiger partial charge in [-0.15, -0.1) is 0 Å². The van der Waals surface area contributed by atoms with E-state index in [2.05, 4.69) is 91.8 Å². The van der Waals surface area contributed by atoms with Crippen molar-refractivity contribution >= 4 is 23.1 Å². The molecule has 0 heterocycles. The molecule has 0 nitrogen and oxygen atoms in total. The van der Waals surface area contributed by atoms with Gasteiger partial charge in [0, 0.05) is 0 Å². The minimum absolute atomic E-state index is 0.0954. The number of aryl methyl sites for hydroxylation is 1. The molecule has 2 aromatic rings. The summed E-state index contributed by atoms with van der Waals surface area (Å²) in [6, 6.07) is 11.9. The molecule has 0 amide bonds. The predicted octanol–water partition coefficient (Wildman–Crippen LogP) is 10.1. The van der Waals surface area contributed by atoms with E-state index in [1.54, 1.807) is 0 Å². The molecule has 1 atom stereocenters. The van der Waals surface area contributed by atoms with Gasteiger partial charge in [0.25, 0.3) is 0 Å². The molecule has 1 aliphatic carbocycles. The van der Waals surface area contributed by atoms with Crippen LogP contribution in [0.25, 0.3) is 17.2 Å². The molecule has 0 bridgehead atoms. The van der Waals surface area contributed by atoms with Crippen LogP contribution in [0.5, 0.6) is 0 Å². The Balaban J connectivity index is 2.31. The van der Waals surface area contributed by atoms with Gasteiger partial charge in [-0.25, -0.2) is 0 Å². The van der Waals surface area contributed by atoms with Gasteiger partial charge in [-0.05, 0) is 0 Å². The van der Waals surface area contributed by atoms with Crippen LogP contribution in [0.15, 0.2) is 35.9 Å². The first-order chi connectivity index (χ1) is 14.9. The zero-order chi connectivity index (χ0) is 23.8. The summed E-state index contributed by atoms with van der Waals surface area (Å²) in [6.45, 7) is 18.4. The monoisotopic (exact) mass is 547 g/mol. The predicted molar refractivity (Wildman–Crippen MR) is 141 cm³/mol. The Hall–Kier alpha value is -0.357. The van der Waals surface area contributed by atoms with E-state index >= 15 is 0 Å². The summed E-state index contributed by atoms with van der Waals surface area (Å²) in [5.74, 6) is 0. The number of allylic oxidation sites excluding steroid dienone is 1. The summed E-state index contributed by atoms with van der Waals surface area (Å²) < 4.78 is 0.292. The Bertz CT molecular complexity index is 971. The van der Waals surface area contributed by atoms with E-state index in [1.807, 2.05) is 0 Å². The number of hydrogen-bond acceptors (Lipinski definition) is 0. The Morgan fingerprint density at radius 1 is 0.875 bits per heavy atom. The topological polar surface area (TPSA) is 0 Å². The van der Waals surface area contributed by atoms with E-state index in [9.17, 15) is 0 Å². The van der Waals surface area contributed by atoms with Crippen molar-refractivity contribution in [2.45, 2.75) is 95.5 Å². The molecule has 0 saturated carbocycles. The zero-order valence-electron chi connectivity index (χ0n) is 21.1. The number of fused-ring (bicyclic) bond motifs is 1. The van der Waals surface area contributed by atoms with Crippen molar-refractivity contribution in [3.63, 3.8) is 0 Å². The molecule has 0 spiro atoms. The standard InChI is InChI=1S/C29H39.2ClH.Zr/c1-9-11-12-20-15-22-14-13-21(10-2)27(26(22)16-20)23-17-24(28(3,4)5)19-25(18-23)29(6,7)8;;;/h13-19H,9-12H2,1-8H3;2*1H;/q;;;+2/p-2. The van der Waals surface area contributed by atoms with Crippen LogP contribution in [0.1, 0.15) is 106 Å². The maximum atomic E-state index is 6.75. The second-order valence-electron chi connectivity index (χ2n) is 11.3. The van der Waals surface area contributed by atoms with Crippen LogP contribution in [0.2, 0.25) is 0 Å². The van der Waals surface area contributed by atoms with E-state index in [4.69, 9.17) is 17.0 Å². The van der Waals surface area contributed by atoms with Gasteiger partial charge in [-0.3, -0.25) is 0 Å². The van der Waals surface area contributed by atoms with Crippen LogP contribution in [-0.4, -0.2) is 0 Å². The van der Waals surface area contributed by atoms with Crippen LogP contribution in [0.4, 0.5) is 0 Å². The number of halogens is 2. The summed E-state index contributed by atoms with van der Waals surface area (Å²) >= 11 is -2.51. The van der Waals surface area contributed by atoms with Crippen LogP contribution in [0.3, 0.4) is 0 Å². The molecular weight excluding hydrogens is 510 g/mol. The fourth-order valence-electron chi connectivity index (χ4n) is 4.69. The first-order valence-electron chi connectivity index (χ1n) is 12.1. The van der Waals surface area contributed by atoms with Gasteiger partial charge >= 0.3 is 213 Å². The van der Waals surface area contributed by atoms with Gasteiger partial charge in [-0.2, -0.15) is 0 Å². The molecule has 3 heteroatoms. The molecular formula is C29H39Cl2Zr. The second-order valence-corrected chi connectivity index (χ2v) is 20.1. The van der Waals surface area contributed by atoms with E-state index in [-0.39, 0.29) is 10.8 Å². The average Bonchev–Trinajstić information content (AvgIpc) is 3.08. The van der Waals surface area contributed by atoms with E-state index < -0.39 is 19.4 Å². The van der Waals surface area contributed by atoms with Crippen molar-refractivity contribution < 1.29 is 19.4 Å². The molecule has 0 saturated heterocycles. The van der Waals surface area contributed by atoms with Crippen molar-refractivity contribution in [3.8, 4) is 11.1 Å². The molecule has 1 unspecified atom stereocenters. The molecule has 0 fully saturated rings. The number of unbranched alkanes of at least 4 members (excludes halogenated alkanes) is 1. The minimum atomic E-state index is -2.51. The third-order valence-electron chi connectivity index (χ3n) is 6.75. The Morgan fingerprint density at radius 2 is 1.47 bits per heavy atom. The molecule has 0 aromatic heterocycles. The summed E-state index contributed by atoms with van der Waals surface area (Å²) in [7, 11) is 13.5. The first-order valence-corrected chi connectivity index (χ1v) is 19.8. The molecule has 0 aliphatic heterocycles. The number of rotatable bonds is 6. The maximum absolute atomic E-state index is 6.75. The van der Waals surface area contributed by atoms with E-state index in [0.717, 1.165) is 12.8 Å². The van der Waals surface area contributed by atoms with Crippen LogP contribution < -0.4 is 0 Å². The number of hydrogen-bond donors (Lipinski definition) is 0. The normalized spacial score (nSPS) is 16.2. The van der Waals surface area contributed by atoms with Crippen LogP contribution >= 0.6 is 17.0 Å². The van der Waals surface area contributed by atoms with Gasteiger partial charge < -0.3 is 0 Å². The Labute approximate surface area is 211 Å². The van der Waals surface area contributed by atoms with Gasteiger partial charge in [-0.1, -0.05) is 0 Å². The van der Waals surface area contributed by atoms with Gasteiger partial charge in [0.1, 0.15) is 0 Å². The molecule has 173 valence electrons. The molecule has 0 radical (unpaired) electrons. The Kier molecular flexibility index (Phi) is 8.28. The number of benzene rings is 2. The summed E-state index contributed by atoms with van der Waals surface area (Å²) in [6.07, 6.45) is 6.97. The van der Waals surface area contributed by atoms with E-state index in [1.165, 1.54) is 57.4 Å². The van der Waals surface area contributed by atoms with Gasteiger partial charge in [0.05, 0.1) is 0 Å². The quantitative estimate of drug-likeness (QED) is 0.336. The average molecular weight is 550 g/mol. The third kappa shape index (κ3) is 5.48. The van der Waals surface area contributed by atoms with Crippen molar-refractivity contribution in [3.05, 3.63) is 63.7 Å². The summed E-state index contributed by atoms with van der Waals surface area (Å²) in [5.41, 5.74) is 11.4. The van der Waals surface area contributed by atoms with Crippen molar-refractivity contribution in [1.82, 2.24) is 0 Å². The summed E-state index contributed by atoms with van der Waals surface area (Å²) in [4.78, 5) is 0. The molecule has 2 aromatic carbocycles. The Morgan fingerprint density at radius 3 is 1.94 bits per heavy atom. The fraction of sp³-hybridized carbons (Fsp3) is 0.517. The molecule has 1 aliphatic rings. The molecule has 32 heavy (non-hydrogen) atoms. The van der Waals surface area contributed by atoms with Gasteiger partial charge in [0.2, 0.25) is 0 Å². The van der Waals surface area contributed by atoms with Crippen molar-refractivity contribution in [2.24, 2.45) is 0 Å². The third-order valence-corrected chi connectivity index (χ3v) is 12.1. The van der Waals surface area contributed by atoms with Gasteiger partial charge in [0.15, 0.2) is 0 Å². The van der Waals surface area contributed by atoms with Crippen LogP contribution in [0, 0.1) is 0 Å². The van der Waals surface area contributed by atoms with Crippen molar-refractivity contribution in [2.75, 3.05) is 0 Å². The zero-order valence-corrected chi connectivity index (χ0v) is 25.1.